The van der Waals surface area contributed by atoms with E-state index in [-0.39, 0.29) is 16.3 Å². The maximum absolute atomic E-state index is 11.6. The number of carbonyl (C=O) groups excluding carboxylic acids is 1. The Balaban J connectivity index is 2.45. The van der Waals surface area contributed by atoms with Crippen molar-refractivity contribution < 1.29 is 9.90 Å². The standard InChI is InChI=1S/C11H18O2S/c1-10(2,3)14-9(12)8-11(13)6-4-5-7-11/h4,6,13H,5,7-8H2,1-3H3. The lowest BCUT2D eigenvalue weighted by atomic mass is 10.0. The monoisotopic (exact) mass is 214 g/mol. The Morgan fingerprint density at radius 1 is 1.57 bits per heavy atom. The van der Waals surface area contributed by atoms with Crippen molar-refractivity contribution in [1.29, 1.82) is 0 Å². The number of thioether (sulfide) groups is 1. The Bertz CT molecular complexity index is 253. The van der Waals surface area contributed by atoms with Crippen LogP contribution >= 0.6 is 11.8 Å². The van der Waals surface area contributed by atoms with Gasteiger partial charge in [0.2, 0.25) is 0 Å². The molecule has 1 aliphatic rings. The van der Waals surface area contributed by atoms with Crippen LogP contribution in [0, 0.1) is 0 Å². The average molecular weight is 214 g/mol. The lowest BCUT2D eigenvalue weighted by molar-refractivity contribution is -0.114. The van der Waals surface area contributed by atoms with Gasteiger partial charge in [0.05, 0.1) is 5.60 Å². The molecule has 0 bridgehead atoms. The third kappa shape index (κ3) is 3.84. The summed E-state index contributed by atoms with van der Waals surface area (Å²) in [7, 11) is 0. The molecule has 80 valence electrons. The van der Waals surface area contributed by atoms with Crippen LogP contribution in [0.25, 0.3) is 0 Å². The molecule has 0 aromatic rings. The van der Waals surface area contributed by atoms with Gasteiger partial charge in [-0.3, -0.25) is 4.79 Å². The number of aliphatic hydroxyl groups is 1. The molecule has 2 nitrogen and oxygen atoms in total. The van der Waals surface area contributed by atoms with E-state index in [4.69, 9.17) is 0 Å². The number of hydrogen-bond acceptors (Lipinski definition) is 3. The molecular weight excluding hydrogens is 196 g/mol. The topological polar surface area (TPSA) is 37.3 Å². The van der Waals surface area contributed by atoms with Crippen molar-refractivity contribution in [3.05, 3.63) is 12.2 Å². The van der Waals surface area contributed by atoms with E-state index in [9.17, 15) is 9.90 Å². The van der Waals surface area contributed by atoms with Crippen molar-refractivity contribution in [2.75, 3.05) is 0 Å². The van der Waals surface area contributed by atoms with Crippen molar-refractivity contribution in [1.82, 2.24) is 0 Å². The van der Waals surface area contributed by atoms with Gasteiger partial charge in [-0.15, -0.1) is 0 Å². The smallest absolute Gasteiger partial charge is 0.192 e. The third-order valence-electron chi connectivity index (χ3n) is 2.04. The van der Waals surface area contributed by atoms with E-state index in [0.29, 0.717) is 6.42 Å². The summed E-state index contributed by atoms with van der Waals surface area (Å²) in [5.41, 5.74) is -0.866. The molecule has 14 heavy (non-hydrogen) atoms. The van der Waals surface area contributed by atoms with E-state index in [1.54, 1.807) is 6.08 Å². The summed E-state index contributed by atoms with van der Waals surface area (Å²) in [5.74, 6) is 0. The second-order valence-corrected chi connectivity index (χ2v) is 6.69. The van der Waals surface area contributed by atoms with Gasteiger partial charge in [0.1, 0.15) is 0 Å². The average Bonchev–Trinajstić information content (AvgIpc) is 2.30. The third-order valence-corrected chi connectivity index (χ3v) is 3.03. The first kappa shape index (κ1) is 11.8. The van der Waals surface area contributed by atoms with Gasteiger partial charge in [-0.1, -0.05) is 44.7 Å². The van der Waals surface area contributed by atoms with Crippen LogP contribution in [0.15, 0.2) is 12.2 Å². The van der Waals surface area contributed by atoms with E-state index < -0.39 is 5.60 Å². The number of allylic oxidation sites excluding steroid dienone is 1. The quantitative estimate of drug-likeness (QED) is 0.718. The fraction of sp³-hybridized carbons (Fsp3) is 0.727. The van der Waals surface area contributed by atoms with Crippen molar-refractivity contribution >= 4 is 16.9 Å². The second-order valence-electron chi connectivity index (χ2n) is 4.81. The van der Waals surface area contributed by atoms with Crippen LogP contribution in [-0.2, 0) is 4.79 Å². The summed E-state index contributed by atoms with van der Waals surface area (Å²) in [6.45, 7) is 6.01. The largest absolute Gasteiger partial charge is 0.385 e. The highest BCUT2D eigenvalue weighted by Gasteiger charge is 2.31. The van der Waals surface area contributed by atoms with Crippen molar-refractivity contribution in [2.24, 2.45) is 0 Å². The predicted molar refractivity (Wildman–Crippen MR) is 60.3 cm³/mol. The SMILES string of the molecule is CC(C)(C)SC(=O)CC1(O)C=CCC1. The maximum Gasteiger partial charge on any atom is 0.192 e. The molecule has 1 rings (SSSR count). The Morgan fingerprint density at radius 3 is 2.64 bits per heavy atom. The van der Waals surface area contributed by atoms with Crippen LogP contribution in [0.3, 0.4) is 0 Å². The van der Waals surface area contributed by atoms with E-state index >= 15 is 0 Å². The summed E-state index contributed by atoms with van der Waals surface area (Å²) in [4.78, 5) is 11.6. The molecule has 0 saturated heterocycles. The number of rotatable bonds is 2. The van der Waals surface area contributed by atoms with Gasteiger partial charge in [0.15, 0.2) is 5.12 Å². The van der Waals surface area contributed by atoms with Crippen LogP contribution in [-0.4, -0.2) is 20.6 Å². The van der Waals surface area contributed by atoms with E-state index in [1.807, 2.05) is 26.8 Å². The molecule has 0 heterocycles. The molecule has 3 heteroatoms. The molecule has 0 spiro atoms. The second kappa shape index (κ2) is 4.07. The Kier molecular flexibility index (Phi) is 3.43. The lowest BCUT2D eigenvalue weighted by Gasteiger charge is -2.22. The highest BCUT2D eigenvalue weighted by atomic mass is 32.2. The molecule has 1 N–H and O–H groups in total. The van der Waals surface area contributed by atoms with Crippen LogP contribution in [0.1, 0.15) is 40.0 Å². The maximum atomic E-state index is 11.6. The zero-order valence-electron chi connectivity index (χ0n) is 9.04. The van der Waals surface area contributed by atoms with Crippen molar-refractivity contribution in [2.45, 2.75) is 50.4 Å². The molecule has 0 aromatic heterocycles. The Labute approximate surface area is 89.8 Å². The van der Waals surface area contributed by atoms with Gasteiger partial charge in [0, 0.05) is 11.2 Å². The first-order valence-corrected chi connectivity index (χ1v) is 5.74. The lowest BCUT2D eigenvalue weighted by Crippen LogP contribution is -2.27. The summed E-state index contributed by atoms with van der Waals surface area (Å²) in [6.07, 6.45) is 5.50. The normalized spacial score (nSPS) is 26.9. The van der Waals surface area contributed by atoms with Gasteiger partial charge in [-0.05, 0) is 12.8 Å². The molecule has 0 fully saturated rings. The molecule has 0 aliphatic heterocycles. The Morgan fingerprint density at radius 2 is 2.21 bits per heavy atom. The minimum atomic E-state index is -0.866. The molecular formula is C11H18O2S. The fourth-order valence-corrected chi connectivity index (χ4v) is 2.50. The van der Waals surface area contributed by atoms with Gasteiger partial charge < -0.3 is 5.11 Å². The molecule has 0 saturated carbocycles. The first-order valence-electron chi connectivity index (χ1n) is 4.93. The zero-order chi connectivity index (χ0) is 10.8. The summed E-state index contributed by atoms with van der Waals surface area (Å²) >= 11 is 1.31. The molecule has 0 radical (unpaired) electrons. The summed E-state index contributed by atoms with van der Waals surface area (Å²) in [5, 5.41) is 10.0. The summed E-state index contributed by atoms with van der Waals surface area (Å²) < 4.78 is -0.0598. The summed E-state index contributed by atoms with van der Waals surface area (Å²) in [6, 6.07) is 0. The number of carbonyl (C=O) groups is 1. The van der Waals surface area contributed by atoms with Crippen LogP contribution in [0.5, 0.6) is 0 Å². The first-order chi connectivity index (χ1) is 6.31. The van der Waals surface area contributed by atoms with Gasteiger partial charge >= 0.3 is 0 Å². The highest BCUT2D eigenvalue weighted by Crippen LogP contribution is 2.32. The van der Waals surface area contributed by atoms with Crippen molar-refractivity contribution in [3.8, 4) is 0 Å². The number of hydrogen-bond donors (Lipinski definition) is 1. The van der Waals surface area contributed by atoms with Gasteiger partial charge in [-0.2, -0.15) is 0 Å². The van der Waals surface area contributed by atoms with Crippen LogP contribution in [0.4, 0.5) is 0 Å². The van der Waals surface area contributed by atoms with E-state index in [0.717, 1.165) is 6.42 Å². The van der Waals surface area contributed by atoms with Gasteiger partial charge in [0.25, 0.3) is 0 Å². The van der Waals surface area contributed by atoms with E-state index in [2.05, 4.69) is 0 Å². The molecule has 1 atom stereocenters. The van der Waals surface area contributed by atoms with Crippen LogP contribution in [0.2, 0.25) is 0 Å². The van der Waals surface area contributed by atoms with Crippen molar-refractivity contribution in [3.63, 3.8) is 0 Å². The zero-order valence-corrected chi connectivity index (χ0v) is 9.86. The minimum absolute atomic E-state index is 0.0598. The predicted octanol–water partition coefficient (Wildman–Crippen LogP) is 2.52. The van der Waals surface area contributed by atoms with E-state index in [1.165, 1.54) is 11.8 Å². The van der Waals surface area contributed by atoms with Crippen LogP contribution < -0.4 is 0 Å². The molecule has 1 unspecified atom stereocenters. The van der Waals surface area contributed by atoms with Gasteiger partial charge in [-0.25, -0.2) is 0 Å². The minimum Gasteiger partial charge on any atom is -0.385 e. The molecule has 1 aliphatic carbocycles. The fourth-order valence-electron chi connectivity index (χ4n) is 1.49. The molecule has 0 aromatic carbocycles. The highest BCUT2D eigenvalue weighted by molar-refractivity contribution is 8.14. The Hall–Kier alpha value is -0.280. The molecule has 0 amide bonds.